The molecule has 0 aliphatic heterocycles. The number of rotatable bonds is 7. The number of fused-ring (bicyclic) bond motifs is 2. The Kier molecular flexibility index (Phi) is 5.10. The van der Waals surface area contributed by atoms with Gasteiger partial charge in [0.25, 0.3) is 0 Å². The number of benzene rings is 1. The van der Waals surface area contributed by atoms with Crippen molar-refractivity contribution in [1.29, 1.82) is 0 Å². The summed E-state index contributed by atoms with van der Waals surface area (Å²) in [6.07, 6.45) is 4.61. The normalized spacial score (nSPS) is 35.1. The number of hydrogen-bond acceptors (Lipinski definition) is 3. The van der Waals surface area contributed by atoms with E-state index in [-0.39, 0.29) is 17.5 Å². The summed E-state index contributed by atoms with van der Waals surface area (Å²) in [5.74, 6) is 0.957. The molecule has 3 nitrogen and oxygen atoms in total. The number of aryl methyl sites for hydroxylation is 1. The lowest BCUT2D eigenvalue weighted by Crippen LogP contribution is -2.68. The SMILES string of the molecule is CC1(C)[C@@H]2CC(O)[C@@](C)(O[B][C@@H](N)CCCc3ccccc3)[C@H]1C2. The van der Waals surface area contributed by atoms with Crippen LogP contribution < -0.4 is 5.73 Å². The monoisotopic (exact) mass is 328 g/mol. The Hall–Kier alpha value is -0.835. The third-order valence-corrected chi connectivity index (χ3v) is 6.67. The topological polar surface area (TPSA) is 55.5 Å². The second-order valence-electron chi connectivity index (χ2n) is 8.54. The van der Waals surface area contributed by atoms with Gasteiger partial charge in [-0.05, 0) is 61.8 Å². The van der Waals surface area contributed by atoms with Gasteiger partial charge >= 0.3 is 7.48 Å². The van der Waals surface area contributed by atoms with Crippen molar-refractivity contribution >= 4 is 7.48 Å². The zero-order valence-electron chi connectivity index (χ0n) is 15.2. The summed E-state index contributed by atoms with van der Waals surface area (Å²) in [7, 11) is 1.78. The Morgan fingerprint density at radius 3 is 2.62 bits per heavy atom. The lowest BCUT2D eigenvalue weighted by molar-refractivity contribution is -0.234. The summed E-state index contributed by atoms with van der Waals surface area (Å²) in [5.41, 5.74) is 7.34. The Morgan fingerprint density at radius 2 is 1.96 bits per heavy atom. The largest absolute Gasteiger partial charge is 0.431 e. The molecular weight excluding hydrogens is 297 g/mol. The van der Waals surface area contributed by atoms with Crippen LogP contribution in [0.5, 0.6) is 0 Å². The van der Waals surface area contributed by atoms with Crippen LogP contribution in [0.3, 0.4) is 0 Å². The van der Waals surface area contributed by atoms with E-state index in [0.29, 0.717) is 11.8 Å². The number of aliphatic hydroxyl groups is 1. The lowest BCUT2D eigenvalue weighted by Gasteiger charge is -2.66. The van der Waals surface area contributed by atoms with E-state index in [1.807, 2.05) is 6.07 Å². The molecule has 3 aliphatic rings. The molecule has 4 heteroatoms. The van der Waals surface area contributed by atoms with Crippen molar-refractivity contribution < 1.29 is 9.76 Å². The predicted molar refractivity (Wildman–Crippen MR) is 98.6 cm³/mol. The second-order valence-corrected chi connectivity index (χ2v) is 8.54. The van der Waals surface area contributed by atoms with Crippen LogP contribution in [0.25, 0.3) is 0 Å². The summed E-state index contributed by atoms with van der Waals surface area (Å²) < 4.78 is 6.13. The molecule has 24 heavy (non-hydrogen) atoms. The van der Waals surface area contributed by atoms with Gasteiger partial charge in [0.1, 0.15) is 0 Å². The van der Waals surface area contributed by atoms with Crippen molar-refractivity contribution in [3.63, 3.8) is 0 Å². The molecule has 3 fully saturated rings. The average Bonchev–Trinajstić information content (AvgIpc) is 2.56. The highest BCUT2D eigenvalue weighted by Gasteiger charge is 2.63. The quantitative estimate of drug-likeness (QED) is 0.756. The van der Waals surface area contributed by atoms with Crippen molar-refractivity contribution in [1.82, 2.24) is 0 Å². The molecule has 3 aliphatic carbocycles. The molecule has 2 bridgehead atoms. The molecule has 3 N–H and O–H groups in total. The van der Waals surface area contributed by atoms with E-state index >= 15 is 0 Å². The maximum absolute atomic E-state index is 10.5. The zero-order valence-corrected chi connectivity index (χ0v) is 15.2. The van der Waals surface area contributed by atoms with Crippen molar-refractivity contribution in [2.24, 2.45) is 23.0 Å². The van der Waals surface area contributed by atoms with E-state index in [1.54, 1.807) is 7.48 Å². The van der Waals surface area contributed by atoms with Gasteiger partial charge < -0.3 is 15.5 Å². The highest BCUT2D eigenvalue weighted by atomic mass is 16.5. The van der Waals surface area contributed by atoms with Gasteiger partial charge in [-0.1, -0.05) is 44.2 Å². The first-order valence-corrected chi connectivity index (χ1v) is 9.32. The Balaban J connectivity index is 1.46. The minimum atomic E-state index is -0.491. The van der Waals surface area contributed by atoms with Gasteiger partial charge in [-0.2, -0.15) is 0 Å². The fraction of sp³-hybridized carbons (Fsp3) is 0.700. The molecule has 131 valence electrons. The van der Waals surface area contributed by atoms with E-state index in [1.165, 1.54) is 5.56 Å². The molecule has 1 aromatic carbocycles. The third kappa shape index (κ3) is 3.29. The molecule has 1 radical (unpaired) electrons. The van der Waals surface area contributed by atoms with E-state index in [2.05, 4.69) is 45.0 Å². The summed E-state index contributed by atoms with van der Waals surface area (Å²) in [6.45, 7) is 6.67. The highest BCUT2D eigenvalue weighted by Crippen LogP contribution is 2.63. The van der Waals surface area contributed by atoms with Gasteiger partial charge in [0, 0.05) is 5.94 Å². The van der Waals surface area contributed by atoms with Gasteiger partial charge in [-0.15, -0.1) is 0 Å². The van der Waals surface area contributed by atoms with Crippen molar-refractivity contribution in [2.45, 2.75) is 70.5 Å². The van der Waals surface area contributed by atoms with E-state index in [9.17, 15) is 5.11 Å². The average molecular weight is 328 g/mol. The maximum Gasteiger partial charge on any atom is 0.311 e. The van der Waals surface area contributed by atoms with Crippen LogP contribution in [0, 0.1) is 17.3 Å². The van der Waals surface area contributed by atoms with Crippen LogP contribution in [0.15, 0.2) is 30.3 Å². The van der Waals surface area contributed by atoms with Crippen LogP contribution in [-0.4, -0.2) is 30.2 Å². The summed E-state index contributed by atoms with van der Waals surface area (Å²) in [6, 6.07) is 10.5. The minimum absolute atomic E-state index is 0.0846. The molecule has 0 aromatic heterocycles. The van der Waals surface area contributed by atoms with Crippen molar-refractivity contribution in [3.05, 3.63) is 35.9 Å². The summed E-state index contributed by atoms with van der Waals surface area (Å²) in [4.78, 5) is 0. The molecular formula is C20H31BNO2. The highest BCUT2D eigenvalue weighted by molar-refractivity contribution is 6.29. The van der Waals surface area contributed by atoms with Gasteiger partial charge in [-0.25, -0.2) is 0 Å². The van der Waals surface area contributed by atoms with Crippen LogP contribution in [0.1, 0.15) is 52.0 Å². The number of aliphatic hydroxyl groups excluding tert-OH is 1. The molecule has 5 atom stereocenters. The smallest absolute Gasteiger partial charge is 0.311 e. The van der Waals surface area contributed by atoms with Crippen LogP contribution in [0.2, 0.25) is 0 Å². The van der Waals surface area contributed by atoms with Gasteiger partial charge in [-0.3, -0.25) is 0 Å². The fourth-order valence-electron chi connectivity index (χ4n) is 4.77. The van der Waals surface area contributed by atoms with E-state index in [0.717, 1.165) is 32.1 Å². The van der Waals surface area contributed by atoms with Gasteiger partial charge in [0.05, 0.1) is 11.7 Å². The predicted octanol–water partition coefficient (Wildman–Crippen LogP) is 3.12. The number of hydrogen-bond donors (Lipinski definition) is 2. The fourth-order valence-corrected chi connectivity index (χ4v) is 4.77. The third-order valence-electron chi connectivity index (χ3n) is 6.67. The molecule has 1 unspecified atom stereocenters. The first-order valence-electron chi connectivity index (χ1n) is 9.32. The van der Waals surface area contributed by atoms with Crippen LogP contribution in [-0.2, 0) is 11.1 Å². The molecule has 0 amide bonds. The lowest BCUT2D eigenvalue weighted by atomic mass is 9.43. The summed E-state index contributed by atoms with van der Waals surface area (Å²) in [5, 5.41) is 10.5. The molecule has 0 saturated heterocycles. The Morgan fingerprint density at radius 1 is 1.25 bits per heavy atom. The first kappa shape index (κ1) is 18.0. The molecule has 0 spiro atoms. The zero-order chi connectivity index (χ0) is 17.4. The van der Waals surface area contributed by atoms with E-state index < -0.39 is 5.60 Å². The van der Waals surface area contributed by atoms with Gasteiger partial charge in [0.15, 0.2) is 0 Å². The summed E-state index contributed by atoms with van der Waals surface area (Å²) >= 11 is 0. The molecule has 1 aromatic rings. The van der Waals surface area contributed by atoms with Crippen LogP contribution in [0.4, 0.5) is 0 Å². The first-order chi connectivity index (χ1) is 11.3. The van der Waals surface area contributed by atoms with Crippen molar-refractivity contribution in [3.8, 4) is 0 Å². The van der Waals surface area contributed by atoms with Crippen LogP contribution >= 0.6 is 0 Å². The Bertz CT molecular complexity index is 550. The van der Waals surface area contributed by atoms with Crippen molar-refractivity contribution in [2.75, 3.05) is 0 Å². The maximum atomic E-state index is 10.5. The van der Waals surface area contributed by atoms with E-state index in [4.69, 9.17) is 10.4 Å². The standard InChI is InChI=1S/C20H31BNO2/c1-19(2)15-12-16(19)20(3,17(23)13-15)24-21-18(22)11-7-10-14-8-5-4-6-9-14/h4-6,8-9,15-18,23H,7,10-13,22H2,1-3H3/t15-,16-,17?,18-,20-/m0/s1. The second kappa shape index (κ2) is 6.82. The number of nitrogens with two attached hydrogens (primary N) is 1. The molecule has 4 rings (SSSR count). The van der Waals surface area contributed by atoms with Gasteiger partial charge in [0.2, 0.25) is 0 Å². The Labute approximate surface area is 147 Å². The molecule has 0 heterocycles. The molecule has 3 saturated carbocycles. The minimum Gasteiger partial charge on any atom is -0.431 e.